The van der Waals surface area contributed by atoms with Gasteiger partial charge in [0.2, 0.25) is 0 Å². The zero-order valence-electron chi connectivity index (χ0n) is 12.8. The van der Waals surface area contributed by atoms with Gasteiger partial charge in [-0.25, -0.2) is 0 Å². The lowest BCUT2D eigenvalue weighted by atomic mass is 9.99. The first-order chi connectivity index (χ1) is 9.56. The Labute approximate surface area is 121 Å². The number of ether oxygens (including phenoxy) is 1. The first kappa shape index (κ1) is 14.9. The average molecular weight is 275 g/mol. The molecule has 1 fully saturated rings. The van der Waals surface area contributed by atoms with E-state index in [1.165, 1.54) is 6.42 Å². The zero-order valence-corrected chi connectivity index (χ0v) is 12.8. The Kier molecular flexibility index (Phi) is 5.05. The first-order valence-electron chi connectivity index (χ1n) is 7.58. The van der Waals surface area contributed by atoms with Gasteiger partial charge in [0.1, 0.15) is 5.75 Å². The van der Waals surface area contributed by atoms with Crippen LogP contribution in [0.15, 0.2) is 24.3 Å². The number of carbonyl (C=O) groups is 1. The third kappa shape index (κ3) is 3.99. The number of likely N-dealkylation sites (tertiary alicyclic amines) is 1. The molecular formula is C17H25NO2. The summed E-state index contributed by atoms with van der Waals surface area (Å²) in [4.78, 5) is 14.4. The lowest BCUT2D eigenvalue weighted by molar-refractivity contribution is 0.0683. The van der Waals surface area contributed by atoms with Crippen molar-refractivity contribution in [1.82, 2.24) is 4.90 Å². The van der Waals surface area contributed by atoms with Gasteiger partial charge in [-0.1, -0.05) is 20.8 Å². The van der Waals surface area contributed by atoms with Gasteiger partial charge >= 0.3 is 0 Å². The normalized spacial score (nSPS) is 19.2. The highest BCUT2D eigenvalue weighted by molar-refractivity contribution is 5.94. The Balaban J connectivity index is 1.96. The van der Waals surface area contributed by atoms with Crippen LogP contribution in [0.3, 0.4) is 0 Å². The van der Waals surface area contributed by atoms with Gasteiger partial charge in [-0.3, -0.25) is 4.79 Å². The van der Waals surface area contributed by atoms with Gasteiger partial charge in [0.05, 0.1) is 6.61 Å². The lowest BCUT2D eigenvalue weighted by Crippen LogP contribution is -2.39. The molecule has 0 N–H and O–H groups in total. The number of hydrogen-bond acceptors (Lipinski definition) is 2. The fourth-order valence-electron chi connectivity index (χ4n) is 2.51. The van der Waals surface area contributed by atoms with Crippen LogP contribution in [0.25, 0.3) is 0 Å². The van der Waals surface area contributed by atoms with Gasteiger partial charge in [0.25, 0.3) is 5.91 Å². The molecule has 110 valence electrons. The van der Waals surface area contributed by atoms with Crippen molar-refractivity contribution in [2.75, 3.05) is 19.7 Å². The summed E-state index contributed by atoms with van der Waals surface area (Å²) < 4.78 is 5.64. The SMILES string of the molecule is CC(C)COc1ccc(C(=O)N2CCC[C@@H](C)C2)cc1. The van der Waals surface area contributed by atoms with Crippen LogP contribution < -0.4 is 4.74 Å². The van der Waals surface area contributed by atoms with E-state index in [9.17, 15) is 4.79 Å². The summed E-state index contributed by atoms with van der Waals surface area (Å²) in [5.41, 5.74) is 0.760. The Morgan fingerprint density at radius 3 is 2.65 bits per heavy atom. The summed E-state index contributed by atoms with van der Waals surface area (Å²) in [7, 11) is 0. The van der Waals surface area contributed by atoms with Crippen LogP contribution >= 0.6 is 0 Å². The Hall–Kier alpha value is -1.51. The number of amides is 1. The molecule has 1 aliphatic rings. The Morgan fingerprint density at radius 1 is 1.35 bits per heavy atom. The molecule has 1 aromatic rings. The molecule has 0 spiro atoms. The van der Waals surface area contributed by atoms with Gasteiger partial charge in [-0.15, -0.1) is 0 Å². The molecule has 0 radical (unpaired) electrons. The number of carbonyl (C=O) groups excluding carboxylic acids is 1. The summed E-state index contributed by atoms with van der Waals surface area (Å²) in [6.07, 6.45) is 2.34. The number of hydrogen-bond donors (Lipinski definition) is 0. The van der Waals surface area contributed by atoms with Crippen molar-refractivity contribution in [2.24, 2.45) is 11.8 Å². The third-order valence-electron chi connectivity index (χ3n) is 3.63. The highest BCUT2D eigenvalue weighted by Gasteiger charge is 2.21. The van der Waals surface area contributed by atoms with Crippen LogP contribution in [0.2, 0.25) is 0 Å². The second-order valence-electron chi connectivity index (χ2n) is 6.23. The van der Waals surface area contributed by atoms with Crippen LogP contribution in [-0.2, 0) is 0 Å². The van der Waals surface area contributed by atoms with Gasteiger partial charge in [-0.2, -0.15) is 0 Å². The van der Waals surface area contributed by atoms with Crippen molar-refractivity contribution in [1.29, 1.82) is 0 Å². The maximum atomic E-state index is 12.4. The molecule has 0 bridgehead atoms. The molecule has 1 aliphatic heterocycles. The monoisotopic (exact) mass is 275 g/mol. The van der Waals surface area contributed by atoms with E-state index in [1.54, 1.807) is 0 Å². The second kappa shape index (κ2) is 6.78. The van der Waals surface area contributed by atoms with Crippen LogP contribution in [-0.4, -0.2) is 30.5 Å². The summed E-state index contributed by atoms with van der Waals surface area (Å²) in [6, 6.07) is 7.53. The van der Waals surface area contributed by atoms with E-state index in [-0.39, 0.29) is 5.91 Å². The molecule has 1 aromatic carbocycles. The van der Waals surface area contributed by atoms with E-state index < -0.39 is 0 Å². The van der Waals surface area contributed by atoms with E-state index >= 15 is 0 Å². The molecule has 0 aromatic heterocycles. The molecule has 0 unspecified atom stereocenters. The largest absolute Gasteiger partial charge is 0.493 e. The van der Waals surface area contributed by atoms with E-state index in [1.807, 2.05) is 29.2 Å². The minimum Gasteiger partial charge on any atom is -0.493 e. The summed E-state index contributed by atoms with van der Waals surface area (Å²) in [6.45, 7) is 8.92. The number of piperidine rings is 1. The lowest BCUT2D eigenvalue weighted by Gasteiger charge is -2.31. The fraction of sp³-hybridized carbons (Fsp3) is 0.588. The van der Waals surface area contributed by atoms with Crippen molar-refractivity contribution in [2.45, 2.75) is 33.6 Å². The van der Waals surface area contributed by atoms with E-state index in [0.29, 0.717) is 18.4 Å². The summed E-state index contributed by atoms with van der Waals surface area (Å²) in [5, 5.41) is 0. The highest BCUT2D eigenvalue weighted by atomic mass is 16.5. The smallest absolute Gasteiger partial charge is 0.253 e. The molecule has 1 atom stereocenters. The van der Waals surface area contributed by atoms with Crippen molar-refractivity contribution >= 4 is 5.91 Å². The predicted octanol–water partition coefficient (Wildman–Crippen LogP) is 3.59. The van der Waals surface area contributed by atoms with E-state index in [4.69, 9.17) is 4.74 Å². The van der Waals surface area contributed by atoms with Gasteiger partial charge in [-0.05, 0) is 48.9 Å². The van der Waals surface area contributed by atoms with Crippen molar-refractivity contribution in [3.63, 3.8) is 0 Å². The van der Waals surface area contributed by atoms with Crippen molar-refractivity contribution in [3.8, 4) is 5.75 Å². The molecule has 1 amide bonds. The molecule has 3 heteroatoms. The van der Waals surface area contributed by atoms with E-state index in [0.717, 1.165) is 30.8 Å². The van der Waals surface area contributed by atoms with Crippen LogP contribution in [0.4, 0.5) is 0 Å². The predicted molar refractivity (Wildman–Crippen MR) is 81.1 cm³/mol. The van der Waals surface area contributed by atoms with Crippen molar-refractivity contribution < 1.29 is 9.53 Å². The zero-order chi connectivity index (χ0) is 14.5. The van der Waals surface area contributed by atoms with Gasteiger partial charge in [0, 0.05) is 18.7 Å². The molecule has 0 saturated carbocycles. The molecular weight excluding hydrogens is 250 g/mol. The molecule has 20 heavy (non-hydrogen) atoms. The molecule has 3 nitrogen and oxygen atoms in total. The Morgan fingerprint density at radius 2 is 2.05 bits per heavy atom. The highest BCUT2D eigenvalue weighted by Crippen LogP contribution is 2.19. The number of benzene rings is 1. The minimum absolute atomic E-state index is 0.145. The maximum absolute atomic E-state index is 12.4. The first-order valence-corrected chi connectivity index (χ1v) is 7.58. The molecule has 1 heterocycles. The molecule has 2 rings (SSSR count). The van der Waals surface area contributed by atoms with Gasteiger partial charge in [0.15, 0.2) is 0 Å². The standard InChI is InChI=1S/C17H25NO2/c1-13(2)12-20-16-8-6-15(7-9-16)17(19)18-10-4-5-14(3)11-18/h6-9,13-14H,4-5,10-12H2,1-3H3/t14-/m1/s1. The Bertz CT molecular complexity index is 439. The minimum atomic E-state index is 0.145. The number of rotatable bonds is 4. The topological polar surface area (TPSA) is 29.5 Å². The number of nitrogens with zero attached hydrogens (tertiary/aromatic N) is 1. The maximum Gasteiger partial charge on any atom is 0.253 e. The van der Waals surface area contributed by atoms with Crippen LogP contribution in [0.1, 0.15) is 44.0 Å². The third-order valence-corrected chi connectivity index (χ3v) is 3.63. The van der Waals surface area contributed by atoms with Crippen LogP contribution in [0, 0.1) is 11.8 Å². The summed E-state index contributed by atoms with van der Waals surface area (Å²) >= 11 is 0. The second-order valence-corrected chi connectivity index (χ2v) is 6.23. The van der Waals surface area contributed by atoms with E-state index in [2.05, 4.69) is 20.8 Å². The van der Waals surface area contributed by atoms with Crippen LogP contribution in [0.5, 0.6) is 5.75 Å². The fourth-order valence-corrected chi connectivity index (χ4v) is 2.51. The van der Waals surface area contributed by atoms with Gasteiger partial charge < -0.3 is 9.64 Å². The summed E-state index contributed by atoms with van der Waals surface area (Å²) in [5.74, 6) is 2.10. The quantitative estimate of drug-likeness (QED) is 0.840. The molecule has 0 aliphatic carbocycles. The average Bonchev–Trinajstić information content (AvgIpc) is 2.45. The molecule has 1 saturated heterocycles. The van der Waals surface area contributed by atoms with Crippen molar-refractivity contribution in [3.05, 3.63) is 29.8 Å².